The lowest BCUT2D eigenvalue weighted by Crippen LogP contribution is -2.28. The second kappa shape index (κ2) is 7.38. The van der Waals surface area contributed by atoms with Crippen LogP contribution in [0.25, 0.3) is 0 Å². The van der Waals surface area contributed by atoms with Crippen LogP contribution < -0.4 is 16.8 Å². The van der Waals surface area contributed by atoms with Crippen LogP contribution in [0.15, 0.2) is 18.2 Å². The predicted molar refractivity (Wildman–Crippen MR) is 80.7 cm³/mol. The van der Waals surface area contributed by atoms with E-state index in [1.807, 2.05) is 0 Å². The van der Waals surface area contributed by atoms with Gasteiger partial charge in [-0.05, 0) is 37.0 Å². The molecule has 2 amide bonds. The molecule has 0 heterocycles. The van der Waals surface area contributed by atoms with Crippen LogP contribution in [0.2, 0.25) is 0 Å². The third-order valence-electron chi connectivity index (χ3n) is 3.69. The zero-order chi connectivity index (χ0) is 14.7. The summed E-state index contributed by atoms with van der Waals surface area (Å²) in [7, 11) is 0. The lowest BCUT2D eigenvalue weighted by Gasteiger charge is -2.15. The van der Waals surface area contributed by atoms with E-state index >= 15 is 0 Å². The standard InChI is InChI=1S/C14H18FN3O2.ClH/c15-10-5-4-9(14(17)20)6-12(10)18-13(19)7-8-2-1-3-11(8)16;/h4-6,8,11H,1-3,7,16H2,(H2,17,20)(H,18,19);1H/t8-,11+;/m0./s1. The van der Waals surface area contributed by atoms with Gasteiger partial charge in [-0.25, -0.2) is 4.39 Å². The Morgan fingerprint density at radius 2 is 2.05 bits per heavy atom. The third kappa shape index (κ3) is 4.41. The molecule has 116 valence electrons. The van der Waals surface area contributed by atoms with Gasteiger partial charge in [0.25, 0.3) is 0 Å². The summed E-state index contributed by atoms with van der Waals surface area (Å²) in [4.78, 5) is 22.9. The van der Waals surface area contributed by atoms with Crippen molar-refractivity contribution < 1.29 is 14.0 Å². The van der Waals surface area contributed by atoms with E-state index < -0.39 is 11.7 Å². The number of halogens is 2. The smallest absolute Gasteiger partial charge is 0.248 e. The molecule has 5 N–H and O–H groups in total. The van der Waals surface area contributed by atoms with Crippen LogP contribution in [0.5, 0.6) is 0 Å². The van der Waals surface area contributed by atoms with E-state index in [9.17, 15) is 14.0 Å². The zero-order valence-electron chi connectivity index (χ0n) is 11.5. The quantitative estimate of drug-likeness (QED) is 0.790. The van der Waals surface area contributed by atoms with Gasteiger partial charge in [-0.3, -0.25) is 9.59 Å². The molecular formula is C14H19ClFN3O2. The first-order valence-corrected chi connectivity index (χ1v) is 6.62. The monoisotopic (exact) mass is 315 g/mol. The average molecular weight is 316 g/mol. The van der Waals surface area contributed by atoms with E-state index in [1.165, 1.54) is 12.1 Å². The van der Waals surface area contributed by atoms with E-state index in [0.717, 1.165) is 25.3 Å². The van der Waals surface area contributed by atoms with Gasteiger partial charge in [-0.1, -0.05) is 6.42 Å². The largest absolute Gasteiger partial charge is 0.366 e. The lowest BCUT2D eigenvalue weighted by molar-refractivity contribution is -0.117. The lowest BCUT2D eigenvalue weighted by atomic mass is 10.00. The molecule has 1 aromatic rings. The Morgan fingerprint density at radius 1 is 1.33 bits per heavy atom. The van der Waals surface area contributed by atoms with E-state index in [0.29, 0.717) is 0 Å². The third-order valence-corrected chi connectivity index (χ3v) is 3.69. The Morgan fingerprint density at radius 3 is 2.62 bits per heavy atom. The van der Waals surface area contributed by atoms with E-state index in [2.05, 4.69) is 5.32 Å². The van der Waals surface area contributed by atoms with Crippen LogP contribution in [0.4, 0.5) is 10.1 Å². The zero-order valence-corrected chi connectivity index (χ0v) is 12.3. The molecular weight excluding hydrogens is 297 g/mol. The Kier molecular flexibility index (Phi) is 6.11. The van der Waals surface area contributed by atoms with Crippen molar-refractivity contribution in [2.75, 3.05) is 5.32 Å². The van der Waals surface area contributed by atoms with Gasteiger partial charge in [-0.2, -0.15) is 0 Å². The molecule has 1 aliphatic rings. The van der Waals surface area contributed by atoms with Crippen molar-refractivity contribution in [2.45, 2.75) is 31.7 Å². The Bertz CT molecular complexity index is 539. The van der Waals surface area contributed by atoms with Gasteiger partial charge in [0.15, 0.2) is 0 Å². The number of carbonyl (C=O) groups is 2. The molecule has 21 heavy (non-hydrogen) atoms. The first-order valence-electron chi connectivity index (χ1n) is 6.62. The average Bonchev–Trinajstić information content (AvgIpc) is 2.77. The summed E-state index contributed by atoms with van der Waals surface area (Å²) in [5, 5.41) is 2.48. The summed E-state index contributed by atoms with van der Waals surface area (Å²) in [6, 6.07) is 3.66. The van der Waals surface area contributed by atoms with Crippen molar-refractivity contribution in [3.63, 3.8) is 0 Å². The number of hydrogen-bond donors (Lipinski definition) is 3. The summed E-state index contributed by atoms with van der Waals surface area (Å²) in [6.07, 6.45) is 3.12. The fourth-order valence-corrected chi connectivity index (χ4v) is 2.53. The summed E-state index contributed by atoms with van der Waals surface area (Å²) in [5.74, 6) is -1.43. The summed E-state index contributed by atoms with van der Waals surface area (Å²) in [5.41, 5.74) is 11.1. The van der Waals surface area contributed by atoms with E-state index in [-0.39, 0.29) is 47.9 Å². The Labute approximate surface area is 128 Å². The maximum Gasteiger partial charge on any atom is 0.248 e. The molecule has 1 aliphatic carbocycles. The molecule has 0 radical (unpaired) electrons. The fourth-order valence-electron chi connectivity index (χ4n) is 2.53. The highest BCUT2D eigenvalue weighted by molar-refractivity contribution is 5.96. The second-order valence-electron chi connectivity index (χ2n) is 5.17. The molecule has 1 saturated carbocycles. The van der Waals surface area contributed by atoms with Gasteiger partial charge < -0.3 is 16.8 Å². The molecule has 7 heteroatoms. The predicted octanol–water partition coefficient (Wildman–Crippen LogP) is 1.80. The van der Waals surface area contributed by atoms with Gasteiger partial charge in [0.1, 0.15) is 5.82 Å². The molecule has 1 aromatic carbocycles. The Hall–Kier alpha value is -1.66. The summed E-state index contributed by atoms with van der Waals surface area (Å²) >= 11 is 0. The number of primary amides is 1. The van der Waals surface area contributed by atoms with Gasteiger partial charge >= 0.3 is 0 Å². The molecule has 0 unspecified atom stereocenters. The fraction of sp³-hybridized carbons (Fsp3) is 0.429. The number of anilines is 1. The number of nitrogens with two attached hydrogens (primary N) is 2. The van der Waals surface area contributed by atoms with Gasteiger partial charge in [0.05, 0.1) is 5.69 Å². The maximum atomic E-state index is 13.6. The van der Waals surface area contributed by atoms with Crippen molar-refractivity contribution in [2.24, 2.45) is 17.4 Å². The molecule has 0 saturated heterocycles. The maximum absolute atomic E-state index is 13.6. The van der Waals surface area contributed by atoms with Crippen LogP contribution in [-0.2, 0) is 4.79 Å². The van der Waals surface area contributed by atoms with Crippen molar-refractivity contribution >= 4 is 29.9 Å². The van der Waals surface area contributed by atoms with Crippen molar-refractivity contribution in [1.29, 1.82) is 0 Å². The number of benzene rings is 1. The van der Waals surface area contributed by atoms with Crippen LogP contribution in [0.3, 0.4) is 0 Å². The molecule has 0 bridgehead atoms. The van der Waals surface area contributed by atoms with Crippen LogP contribution >= 0.6 is 12.4 Å². The van der Waals surface area contributed by atoms with Gasteiger partial charge in [0.2, 0.25) is 11.8 Å². The summed E-state index contributed by atoms with van der Waals surface area (Å²) in [6.45, 7) is 0. The van der Waals surface area contributed by atoms with Crippen LogP contribution in [0.1, 0.15) is 36.0 Å². The highest BCUT2D eigenvalue weighted by Crippen LogP contribution is 2.27. The second-order valence-corrected chi connectivity index (χ2v) is 5.17. The molecule has 2 rings (SSSR count). The van der Waals surface area contributed by atoms with Gasteiger partial charge in [0, 0.05) is 18.0 Å². The van der Waals surface area contributed by atoms with Gasteiger partial charge in [-0.15, -0.1) is 12.4 Å². The minimum atomic E-state index is -0.668. The number of rotatable bonds is 4. The summed E-state index contributed by atoms with van der Waals surface area (Å²) < 4.78 is 13.6. The first-order chi connectivity index (χ1) is 9.47. The minimum Gasteiger partial charge on any atom is -0.366 e. The number of amides is 2. The molecule has 2 atom stereocenters. The first kappa shape index (κ1) is 17.4. The SMILES string of the molecule is Cl.NC(=O)c1ccc(F)c(NC(=O)C[C@@H]2CCC[C@H]2N)c1. The van der Waals surface area contributed by atoms with Crippen molar-refractivity contribution in [1.82, 2.24) is 0 Å². The molecule has 0 spiro atoms. The van der Waals surface area contributed by atoms with Crippen LogP contribution in [0, 0.1) is 11.7 Å². The highest BCUT2D eigenvalue weighted by Gasteiger charge is 2.26. The number of hydrogen-bond acceptors (Lipinski definition) is 3. The minimum absolute atomic E-state index is 0. The molecule has 1 fully saturated rings. The topological polar surface area (TPSA) is 98.2 Å². The normalized spacial score (nSPS) is 20.7. The van der Waals surface area contributed by atoms with Crippen molar-refractivity contribution in [3.8, 4) is 0 Å². The number of nitrogens with one attached hydrogen (secondary N) is 1. The van der Waals surface area contributed by atoms with E-state index in [1.54, 1.807) is 0 Å². The molecule has 0 aromatic heterocycles. The van der Waals surface area contributed by atoms with Crippen molar-refractivity contribution in [3.05, 3.63) is 29.6 Å². The molecule has 5 nitrogen and oxygen atoms in total. The van der Waals surface area contributed by atoms with Crippen LogP contribution in [-0.4, -0.2) is 17.9 Å². The highest BCUT2D eigenvalue weighted by atomic mass is 35.5. The number of carbonyl (C=O) groups excluding carboxylic acids is 2. The van der Waals surface area contributed by atoms with E-state index in [4.69, 9.17) is 11.5 Å². The Balaban J connectivity index is 0.00000220. The molecule has 0 aliphatic heterocycles.